The number of hydrogen-bond acceptors (Lipinski definition) is 4. The van der Waals surface area contributed by atoms with Gasteiger partial charge in [0, 0.05) is 21.5 Å². The molecule has 7 aromatic rings. The molecule has 0 aromatic heterocycles. The zero-order chi connectivity index (χ0) is 31.0. The Hall–Kier alpha value is -5.74. The highest BCUT2D eigenvalue weighted by atomic mass is 16.5. The number of rotatable bonds is 12. The Morgan fingerprint density at radius 2 is 0.587 bits per heavy atom. The molecule has 226 valence electrons. The van der Waals surface area contributed by atoms with Gasteiger partial charge in [0.05, 0.1) is 0 Å². The summed E-state index contributed by atoms with van der Waals surface area (Å²) in [6.07, 6.45) is 0. The van der Waals surface area contributed by atoms with Gasteiger partial charge in [-0.25, -0.2) is 0 Å². The average Bonchev–Trinajstić information content (AvgIpc) is 3.13. The molecule has 0 radical (unpaired) electrons. The molecule has 0 heterocycles. The summed E-state index contributed by atoms with van der Waals surface area (Å²) in [6.45, 7) is 1.80. The third-order valence-electron chi connectivity index (χ3n) is 7.91. The van der Waals surface area contributed by atoms with Crippen LogP contribution in [-0.2, 0) is 26.4 Å². The van der Waals surface area contributed by atoms with E-state index >= 15 is 0 Å². The Labute approximate surface area is 269 Å². The lowest BCUT2D eigenvalue weighted by molar-refractivity contribution is 0.302. The zero-order valence-corrected chi connectivity index (χ0v) is 25.5. The minimum absolute atomic E-state index is 0.427. The first kappa shape index (κ1) is 29.0. The van der Waals surface area contributed by atoms with Crippen LogP contribution in [0.4, 0.5) is 0 Å². The van der Waals surface area contributed by atoms with Gasteiger partial charge in [-0.3, -0.25) is 0 Å². The normalized spacial score (nSPS) is 11.0. The first-order valence-corrected chi connectivity index (χ1v) is 15.5. The molecule has 0 saturated carbocycles. The van der Waals surface area contributed by atoms with Crippen molar-refractivity contribution < 1.29 is 18.9 Å². The second kappa shape index (κ2) is 13.9. The average molecular weight is 603 g/mol. The molecule has 0 unspecified atom stereocenters. The van der Waals surface area contributed by atoms with Gasteiger partial charge < -0.3 is 18.9 Å². The summed E-state index contributed by atoms with van der Waals surface area (Å²) in [5, 5.41) is 3.74. The van der Waals surface area contributed by atoms with E-state index in [9.17, 15) is 0 Å². The summed E-state index contributed by atoms with van der Waals surface area (Å²) in [7, 11) is 0. The Morgan fingerprint density at radius 1 is 0.283 bits per heavy atom. The lowest BCUT2D eigenvalue weighted by Crippen LogP contribution is -2.02. The van der Waals surface area contributed by atoms with Gasteiger partial charge in [-0.1, -0.05) is 121 Å². The third-order valence-corrected chi connectivity index (χ3v) is 7.91. The molecule has 0 aliphatic heterocycles. The van der Waals surface area contributed by atoms with Crippen LogP contribution < -0.4 is 18.9 Å². The Bertz CT molecular complexity index is 1880. The van der Waals surface area contributed by atoms with Gasteiger partial charge in [0.15, 0.2) is 0 Å². The summed E-state index contributed by atoms with van der Waals surface area (Å²) < 4.78 is 25.9. The molecule has 0 spiro atoms. The van der Waals surface area contributed by atoms with Crippen molar-refractivity contribution in [1.29, 1.82) is 0 Å². The van der Waals surface area contributed by atoms with E-state index in [0.717, 1.165) is 66.8 Å². The van der Waals surface area contributed by atoms with Gasteiger partial charge in [0.2, 0.25) is 0 Å². The SMILES string of the molecule is c1ccc(COc2ccc3c(OCc4ccccc4)c4cc(OCc5ccccc5)ccc4c(OCc4ccccc4)c3c2)cc1. The van der Waals surface area contributed by atoms with Crippen LogP contribution in [-0.4, -0.2) is 0 Å². The smallest absolute Gasteiger partial charge is 0.135 e. The quantitative estimate of drug-likeness (QED) is 0.130. The van der Waals surface area contributed by atoms with Crippen molar-refractivity contribution in [2.75, 3.05) is 0 Å². The van der Waals surface area contributed by atoms with Crippen molar-refractivity contribution in [2.24, 2.45) is 0 Å². The van der Waals surface area contributed by atoms with Crippen molar-refractivity contribution in [3.05, 3.63) is 180 Å². The number of benzene rings is 7. The van der Waals surface area contributed by atoms with E-state index in [-0.39, 0.29) is 0 Å². The standard InChI is InChI=1S/C42H34O4/c1-5-13-31(14-6-1)27-43-35-21-23-37-39(25-35)41(45-29-33-17-9-3-10-18-33)38-24-22-36(44-28-32-15-7-2-8-16-32)26-40(38)42(37)46-30-34-19-11-4-12-20-34/h1-26H,27-30H2. The minimum Gasteiger partial charge on any atom is -0.489 e. The predicted octanol–water partition coefficient (Wildman–Crippen LogP) is 10.3. The zero-order valence-electron chi connectivity index (χ0n) is 25.5. The number of hydrogen-bond donors (Lipinski definition) is 0. The maximum Gasteiger partial charge on any atom is 0.135 e. The topological polar surface area (TPSA) is 36.9 Å². The monoisotopic (exact) mass is 602 g/mol. The van der Waals surface area contributed by atoms with Crippen molar-refractivity contribution in [3.63, 3.8) is 0 Å². The fourth-order valence-corrected chi connectivity index (χ4v) is 5.54. The molecule has 46 heavy (non-hydrogen) atoms. The van der Waals surface area contributed by atoms with Gasteiger partial charge in [-0.15, -0.1) is 0 Å². The summed E-state index contributed by atoms with van der Waals surface area (Å²) in [4.78, 5) is 0. The maximum absolute atomic E-state index is 6.67. The molecule has 4 heteroatoms. The van der Waals surface area contributed by atoms with Gasteiger partial charge in [-0.2, -0.15) is 0 Å². The number of ether oxygens (including phenoxy) is 4. The molecular formula is C42H34O4. The van der Waals surface area contributed by atoms with Crippen LogP contribution in [0, 0.1) is 0 Å². The highest BCUT2D eigenvalue weighted by Gasteiger charge is 2.19. The predicted molar refractivity (Wildman–Crippen MR) is 185 cm³/mol. The lowest BCUT2D eigenvalue weighted by atomic mass is 9.99. The summed E-state index contributed by atoms with van der Waals surface area (Å²) in [5.74, 6) is 3.08. The summed E-state index contributed by atoms with van der Waals surface area (Å²) >= 11 is 0. The Balaban J connectivity index is 1.33. The maximum atomic E-state index is 6.67. The highest BCUT2D eigenvalue weighted by Crippen LogP contribution is 2.46. The molecule has 0 fully saturated rings. The van der Waals surface area contributed by atoms with Gasteiger partial charge in [0.25, 0.3) is 0 Å². The fourth-order valence-electron chi connectivity index (χ4n) is 5.54. The second-order valence-corrected chi connectivity index (χ2v) is 11.2. The van der Waals surface area contributed by atoms with Gasteiger partial charge >= 0.3 is 0 Å². The van der Waals surface area contributed by atoms with Crippen molar-refractivity contribution in [3.8, 4) is 23.0 Å². The van der Waals surface area contributed by atoms with Crippen molar-refractivity contribution in [1.82, 2.24) is 0 Å². The molecule has 0 aliphatic carbocycles. The highest BCUT2D eigenvalue weighted by molar-refractivity contribution is 6.11. The molecule has 0 bridgehead atoms. The largest absolute Gasteiger partial charge is 0.489 e. The molecule has 0 aliphatic rings. The molecular weight excluding hydrogens is 568 g/mol. The molecule has 0 N–H and O–H groups in total. The lowest BCUT2D eigenvalue weighted by Gasteiger charge is -2.20. The summed E-state index contributed by atoms with van der Waals surface area (Å²) in [5.41, 5.74) is 4.40. The van der Waals surface area contributed by atoms with Gasteiger partial charge in [0.1, 0.15) is 49.4 Å². The van der Waals surface area contributed by atoms with E-state index in [4.69, 9.17) is 18.9 Å². The summed E-state index contributed by atoms with van der Waals surface area (Å²) in [6, 6.07) is 53.1. The van der Waals surface area contributed by atoms with Crippen LogP contribution in [0.5, 0.6) is 23.0 Å². The van der Waals surface area contributed by atoms with Crippen molar-refractivity contribution in [2.45, 2.75) is 26.4 Å². The van der Waals surface area contributed by atoms with E-state index in [0.29, 0.717) is 26.4 Å². The van der Waals surface area contributed by atoms with Crippen LogP contribution >= 0.6 is 0 Å². The van der Waals surface area contributed by atoms with Crippen LogP contribution in [0.25, 0.3) is 21.5 Å². The van der Waals surface area contributed by atoms with Crippen LogP contribution in [0.1, 0.15) is 22.3 Å². The third kappa shape index (κ3) is 6.82. The van der Waals surface area contributed by atoms with Crippen molar-refractivity contribution >= 4 is 21.5 Å². The van der Waals surface area contributed by atoms with E-state index in [1.807, 2.05) is 84.9 Å². The van der Waals surface area contributed by atoms with Crippen LogP contribution in [0.15, 0.2) is 158 Å². The van der Waals surface area contributed by atoms with E-state index in [1.54, 1.807) is 0 Å². The van der Waals surface area contributed by atoms with E-state index in [2.05, 4.69) is 72.8 Å². The molecule has 0 atom stereocenters. The first-order valence-electron chi connectivity index (χ1n) is 15.5. The first-order chi connectivity index (χ1) is 22.8. The minimum atomic E-state index is 0.427. The van der Waals surface area contributed by atoms with E-state index in [1.165, 1.54) is 0 Å². The molecule has 0 saturated heterocycles. The fraction of sp³-hybridized carbons (Fsp3) is 0.0952. The second-order valence-electron chi connectivity index (χ2n) is 11.2. The van der Waals surface area contributed by atoms with Crippen LogP contribution in [0.3, 0.4) is 0 Å². The molecule has 0 amide bonds. The number of fused-ring (bicyclic) bond motifs is 2. The Morgan fingerprint density at radius 3 is 0.913 bits per heavy atom. The van der Waals surface area contributed by atoms with E-state index < -0.39 is 0 Å². The molecule has 7 aromatic carbocycles. The van der Waals surface area contributed by atoms with Crippen LogP contribution in [0.2, 0.25) is 0 Å². The molecule has 4 nitrogen and oxygen atoms in total. The van der Waals surface area contributed by atoms with Gasteiger partial charge in [-0.05, 0) is 58.7 Å². The Kier molecular flexibility index (Phi) is 8.77. The molecule has 7 rings (SSSR count).